The second-order valence-electron chi connectivity index (χ2n) is 3.11. The minimum Gasteiger partial charge on any atom is -0.497 e. The van der Waals surface area contributed by atoms with Gasteiger partial charge in [0.25, 0.3) is 0 Å². The van der Waals surface area contributed by atoms with Gasteiger partial charge in [-0.05, 0) is 42.2 Å². The van der Waals surface area contributed by atoms with Crippen molar-refractivity contribution in [1.82, 2.24) is 0 Å². The van der Waals surface area contributed by atoms with Crippen molar-refractivity contribution in [3.8, 4) is 5.75 Å². The number of allylic oxidation sites excluding steroid dienone is 1. The fourth-order valence-corrected chi connectivity index (χ4v) is 1.89. The van der Waals surface area contributed by atoms with Crippen molar-refractivity contribution in [2.75, 3.05) is 7.11 Å². The number of fused-ring (bicyclic) bond motifs is 1. The maximum Gasteiger partial charge on any atom is 0.119 e. The Balaban J connectivity index is 2.48. The molecule has 0 N–H and O–H groups in total. The van der Waals surface area contributed by atoms with Crippen LogP contribution in [0.5, 0.6) is 5.75 Å². The van der Waals surface area contributed by atoms with Crippen LogP contribution in [0.15, 0.2) is 24.3 Å². The lowest BCUT2D eigenvalue weighted by Gasteiger charge is -2.14. The van der Waals surface area contributed by atoms with Gasteiger partial charge in [0.05, 0.1) is 7.11 Å². The fourth-order valence-electron chi connectivity index (χ4n) is 1.60. The highest BCUT2D eigenvalue weighted by Gasteiger charge is 2.10. The van der Waals surface area contributed by atoms with Crippen LogP contribution in [-0.2, 0) is 6.42 Å². The largest absolute Gasteiger partial charge is 0.497 e. The molecule has 13 heavy (non-hydrogen) atoms. The van der Waals surface area contributed by atoms with E-state index < -0.39 is 0 Å². The molecule has 0 aliphatic heterocycles. The molecule has 2 rings (SSSR count). The van der Waals surface area contributed by atoms with Crippen molar-refractivity contribution in [2.24, 2.45) is 0 Å². The Labute approximate surface area is 83.0 Å². The molecule has 0 unspecified atom stereocenters. The lowest BCUT2D eigenvalue weighted by Crippen LogP contribution is -1.97. The van der Waals surface area contributed by atoms with E-state index in [1.807, 2.05) is 12.1 Å². The second kappa shape index (κ2) is 3.43. The Morgan fingerprint density at radius 2 is 2.23 bits per heavy atom. The fraction of sp³-hybridized carbons (Fsp3) is 0.273. The van der Waals surface area contributed by atoms with Gasteiger partial charge in [0.1, 0.15) is 5.75 Å². The number of ether oxygens (including phenoxy) is 1. The quantitative estimate of drug-likeness (QED) is 0.667. The second-order valence-corrected chi connectivity index (χ2v) is 3.52. The monoisotopic (exact) mass is 194 g/mol. The number of hydrogen-bond acceptors (Lipinski definition) is 1. The molecule has 1 nitrogen and oxygen atoms in total. The highest BCUT2D eigenvalue weighted by molar-refractivity contribution is 6.49. The Hall–Kier alpha value is -0.950. The van der Waals surface area contributed by atoms with E-state index in [9.17, 15) is 0 Å². The topological polar surface area (TPSA) is 9.23 Å². The maximum absolute atomic E-state index is 6.06. The van der Waals surface area contributed by atoms with Crippen LogP contribution in [-0.4, -0.2) is 7.11 Å². The SMILES string of the molecule is COc1ccc2c(c1)CCC=C2Cl. The molecule has 0 radical (unpaired) electrons. The molecule has 1 aromatic carbocycles. The molecule has 0 saturated carbocycles. The molecule has 0 amide bonds. The van der Waals surface area contributed by atoms with E-state index in [1.165, 1.54) is 5.56 Å². The summed E-state index contributed by atoms with van der Waals surface area (Å²) >= 11 is 6.06. The van der Waals surface area contributed by atoms with Crippen molar-refractivity contribution < 1.29 is 4.74 Å². The lowest BCUT2D eigenvalue weighted by molar-refractivity contribution is 0.414. The van der Waals surface area contributed by atoms with Crippen LogP contribution >= 0.6 is 11.6 Å². The summed E-state index contributed by atoms with van der Waals surface area (Å²) in [5.74, 6) is 0.908. The van der Waals surface area contributed by atoms with Crippen LogP contribution < -0.4 is 4.74 Å². The molecule has 0 aromatic heterocycles. The van der Waals surface area contributed by atoms with Gasteiger partial charge in [-0.25, -0.2) is 0 Å². The molecular formula is C11H11ClO. The molecule has 0 saturated heterocycles. The Morgan fingerprint density at radius 1 is 1.38 bits per heavy atom. The van der Waals surface area contributed by atoms with E-state index in [1.54, 1.807) is 7.11 Å². The van der Waals surface area contributed by atoms with E-state index in [0.29, 0.717) is 0 Å². The lowest BCUT2D eigenvalue weighted by atomic mass is 9.97. The van der Waals surface area contributed by atoms with E-state index in [-0.39, 0.29) is 0 Å². The zero-order valence-electron chi connectivity index (χ0n) is 7.51. The first-order valence-electron chi connectivity index (χ1n) is 4.34. The van der Waals surface area contributed by atoms with E-state index in [4.69, 9.17) is 16.3 Å². The zero-order valence-corrected chi connectivity index (χ0v) is 8.27. The van der Waals surface area contributed by atoms with Crippen LogP contribution in [0.1, 0.15) is 17.5 Å². The number of benzene rings is 1. The van der Waals surface area contributed by atoms with Gasteiger partial charge in [-0.15, -0.1) is 0 Å². The van der Waals surface area contributed by atoms with Crippen molar-refractivity contribution in [3.05, 3.63) is 35.4 Å². The minimum atomic E-state index is 0.865. The Bertz CT molecular complexity index is 355. The minimum absolute atomic E-state index is 0.865. The summed E-state index contributed by atoms with van der Waals surface area (Å²) in [6, 6.07) is 6.03. The number of aryl methyl sites for hydroxylation is 1. The molecule has 68 valence electrons. The third-order valence-electron chi connectivity index (χ3n) is 2.31. The van der Waals surface area contributed by atoms with Gasteiger partial charge >= 0.3 is 0 Å². The predicted octanol–water partition coefficient (Wildman–Crippen LogP) is 3.22. The highest BCUT2D eigenvalue weighted by Crippen LogP contribution is 2.31. The number of rotatable bonds is 1. The highest BCUT2D eigenvalue weighted by atomic mass is 35.5. The number of methoxy groups -OCH3 is 1. The van der Waals surface area contributed by atoms with E-state index >= 15 is 0 Å². The van der Waals surface area contributed by atoms with Crippen LogP contribution in [0.25, 0.3) is 5.03 Å². The zero-order chi connectivity index (χ0) is 9.26. The summed E-state index contributed by atoms with van der Waals surface area (Å²) in [6.45, 7) is 0. The molecule has 0 atom stereocenters. The van der Waals surface area contributed by atoms with Gasteiger partial charge in [-0.2, -0.15) is 0 Å². The summed E-state index contributed by atoms with van der Waals surface area (Å²) < 4.78 is 5.15. The third kappa shape index (κ3) is 1.56. The van der Waals surface area contributed by atoms with Gasteiger partial charge in [-0.1, -0.05) is 17.7 Å². The van der Waals surface area contributed by atoms with Crippen LogP contribution in [0, 0.1) is 0 Å². The van der Waals surface area contributed by atoms with E-state index in [2.05, 4.69) is 12.1 Å². The summed E-state index contributed by atoms with van der Waals surface area (Å²) in [5.41, 5.74) is 2.43. The average Bonchev–Trinajstić information content (AvgIpc) is 2.18. The Kier molecular flexibility index (Phi) is 2.28. The molecule has 0 fully saturated rings. The third-order valence-corrected chi connectivity index (χ3v) is 2.66. The first-order valence-corrected chi connectivity index (χ1v) is 4.72. The molecule has 0 spiro atoms. The number of hydrogen-bond donors (Lipinski definition) is 0. The number of halogens is 1. The van der Waals surface area contributed by atoms with E-state index in [0.717, 1.165) is 29.2 Å². The summed E-state index contributed by atoms with van der Waals surface area (Å²) in [5, 5.41) is 0.865. The van der Waals surface area contributed by atoms with Crippen LogP contribution in [0.2, 0.25) is 0 Å². The van der Waals surface area contributed by atoms with Gasteiger partial charge < -0.3 is 4.74 Å². The average molecular weight is 195 g/mol. The van der Waals surface area contributed by atoms with Gasteiger partial charge in [0, 0.05) is 5.03 Å². The molecule has 1 aliphatic carbocycles. The van der Waals surface area contributed by atoms with Crippen molar-refractivity contribution in [2.45, 2.75) is 12.8 Å². The summed E-state index contributed by atoms with van der Waals surface area (Å²) in [4.78, 5) is 0. The normalized spacial score (nSPS) is 14.8. The molecule has 0 heterocycles. The van der Waals surface area contributed by atoms with Crippen molar-refractivity contribution in [1.29, 1.82) is 0 Å². The van der Waals surface area contributed by atoms with Crippen LogP contribution in [0.4, 0.5) is 0 Å². The van der Waals surface area contributed by atoms with Crippen molar-refractivity contribution in [3.63, 3.8) is 0 Å². The first kappa shape index (κ1) is 8.64. The molecule has 0 bridgehead atoms. The van der Waals surface area contributed by atoms with Gasteiger partial charge in [0.15, 0.2) is 0 Å². The molecule has 1 aliphatic rings. The summed E-state index contributed by atoms with van der Waals surface area (Å²) in [7, 11) is 1.68. The molecule has 2 heteroatoms. The smallest absolute Gasteiger partial charge is 0.119 e. The van der Waals surface area contributed by atoms with Crippen LogP contribution in [0.3, 0.4) is 0 Å². The molecule has 1 aromatic rings. The van der Waals surface area contributed by atoms with Gasteiger partial charge in [-0.3, -0.25) is 0 Å². The molecular weight excluding hydrogens is 184 g/mol. The summed E-state index contributed by atoms with van der Waals surface area (Å²) in [6.07, 6.45) is 4.15. The Morgan fingerprint density at radius 3 is 3.00 bits per heavy atom. The van der Waals surface area contributed by atoms with Crippen molar-refractivity contribution >= 4 is 16.6 Å². The first-order chi connectivity index (χ1) is 6.31. The predicted molar refractivity (Wildman–Crippen MR) is 55.1 cm³/mol. The maximum atomic E-state index is 6.06. The van der Waals surface area contributed by atoms with Gasteiger partial charge in [0.2, 0.25) is 0 Å². The standard InChI is InChI=1S/C11H11ClO/c1-13-9-5-6-10-8(7-9)3-2-4-11(10)12/h4-7H,2-3H2,1H3.